The average Bonchev–Trinajstić information content (AvgIpc) is 2.58. The van der Waals surface area contributed by atoms with Gasteiger partial charge >= 0.3 is 5.97 Å². The van der Waals surface area contributed by atoms with Gasteiger partial charge in [0.15, 0.2) is 0 Å². The quantitative estimate of drug-likeness (QED) is 0.703. The Morgan fingerprint density at radius 2 is 1.96 bits per heavy atom. The van der Waals surface area contributed by atoms with E-state index in [1.54, 1.807) is 37.3 Å². The van der Waals surface area contributed by atoms with E-state index in [1.165, 1.54) is 13.2 Å². The number of aliphatic carboxylic acids is 1. The second-order valence-electron chi connectivity index (χ2n) is 5.65. The van der Waals surface area contributed by atoms with E-state index in [0.717, 1.165) is 5.56 Å². The third-order valence-electron chi connectivity index (χ3n) is 3.82. The molecule has 3 N–H and O–H groups in total. The molecule has 0 radical (unpaired) electrons. The molecule has 1 atom stereocenters. The van der Waals surface area contributed by atoms with Gasteiger partial charge in [0.25, 0.3) is 11.5 Å². The van der Waals surface area contributed by atoms with Gasteiger partial charge in [0.2, 0.25) is 0 Å². The number of nitrogens with one attached hydrogen (secondary N) is 2. The van der Waals surface area contributed by atoms with Crippen molar-refractivity contribution in [2.24, 2.45) is 5.92 Å². The number of hydrogen-bond acceptors (Lipinski definition) is 4. The summed E-state index contributed by atoms with van der Waals surface area (Å²) < 4.78 is 5.22. The summed E-state index contributed by atoms with van der Waals surface area (Å²) in [7, 11) is 1.51. The monoisotopic (exact) mass is 344 g/mol. The molecule has 0 aliphatic rings. The highest BCUT2D eigenvalue weighted by Gasteiger charge is 2.21. The van der Waals surface area contributed by atoms with E-state index in [4.69, 9.17) is 4.74 Å². The number of para-hydroxylation sites is 1. The molecule has 2 aromatic rings. The molecule has 7 heteroatoms. The number of hydrogen-bond donors (Lipinski definition) is 3. The summed E-state index contributed by atoms with van der Waals surface area (Å²) in [5.74, 6) is -1.89. The maximum absolute atomic E-state index is 12.1. The fraction of sp³-hybridized carbons (Fsp3) is 0.278. The molecule has 0 bridgehead atoms. The van der Waals surface area contributed by atoms with Crippen molar-refractivity contribution in [3.05, 3.63) is 63.6 Å². The predicted octanol–water partition coefficient (Wildman–Crippen LogP) is 1.37. The normalized spacial score (nSPS) is 11.6. The molecule has 1 amide bonds. The van der Waals surface area contributed by atoms with Gasteiger partial charge in [-0.2, -0.15) is 0 Å². The number of carbonyl (C=O) groups is 2. The Morgan fingerprint density at radius 1 is 1.24 bits per heavy atom. The number of H-pyrrole nitrogens is 1. The molecule has 25 heavy (non-hydrogen) atoms. The zero-order valence-corrected chi connectivity index (χ0v) is 14.0. The van der Waals surface area contributed by atoms with Crippen molar-refractivity contribution < 1.29 is 19.4 Å². The number of aromatic amines is 1. The van der Waals surface area contributed by atoms with Gasteiger partial charge in [-0.05, 0) is 37.1 Å². The maximum atomic E-state index is 12.1. The zero-order valence-electron chi connectivity index (χ0n) is 14.0. The highest BCUT2D eigenvalue weighted by molar-refractivity contribution is 5.94. The number of carbonyl (C=O) groups excluding carboxylic acids is 1. The van der Waals surface area contributed by atoms with Crippen molar-refractivity contribution in [2.75, 3.05) is 13.7 Å². The van der Waals surface area contributed by atoms with Crippen molar-refractivity contribution in [3.63, 3.8) is 0 Å². The first kappa shape index (κ1) is 18.3. The highest BCUT2D eigenvalue weighted by atomic mass is 16.5. The second kappa shape index (κ2) is 8.14. The van der Waals surface area contributed by atoms with E-state index in [9.17, 15) is 19.5 Å². The van der Waals surface area contributed by atoms with Crippen LogP contribution in [-0.2, 0) is 11.2 Å². The van der Waals surface area contributed by atoms with Gasteiger partial charge in [0.05, 0.1) is 13.0 Å². The van der Waals surface area contributed by atoms with Gasteiger partial charge in [0, 0.05) is 12.2 Å². The summed E-state index contributed by atoms with van der Waals surface area (Å²) in [5, 5.41) is 11.9. The molecule has 0 spiro atoms. The Kier molecular flexibility index (Phi) is 5.94. The van der Waals surface area contributed by atoms with Crippen LogP contribution in [0.2, 0.25) is 0 Å². The summed E-state index contributed by atoms with van der Waals surface area (Å²) in [6.07, 6.45) is 0.198. The minimum Gasteiger partial charge on any atom is -0.496 e. The van der Waals surface area contributed by atoms with Crippen molar-refractivity contribution in [1.29, 1.82) is 0 Å². The first-order valence-electron chi connectivity index (χ1n) is 7.75. The summed E-state index contributed by atoms with van der Waals surface area (Å²) in [6.45, 7) is 1.61. The third kappa shape index (κ3) is 4.69. The van der Waals surface area contributed by atoms with Crippen LogP contribution in [0.1, 0.15) is 21.6 Å². The van der Waals surface area contributed by atoms with E-state index in [0.29, 0.717) is 11.4 Å². The molecule has 1 heterocycles. The molecular formula is C18H20N2O5. The van der Waals surface area contributed by atoms with Crippen molar-refractivity contribution in [2.45, 2.75) is 13.3 Å². The minimum atomic E-state index is -1.04. The molecule has 2 rings (SSSR count). The molecule has 1 unspecified atom stereocenters. The van der Waals surface area contributed by atoms with Crippen LogP contribution in [-0.4, -0.2) is 35.6 Å². The van der Waals surface area contributed by atoms with Gasteiger partial charge in [-0.3, -0.25) is 14.4 Å². The lowest BCUT2D eigenvalue weighted by atomic mass is 9.98. The van der Waals surface area contributed by atoms with E-state index in [2.05, 4.69) is 10.3 Å². The average molecular weight is 344 g/mol. The second-order valence-corrected chi connectivity index (χ2v) is 5.65. The Balaban J connectivity index is 2.08. The Hall–Kier alpha value is -3.09. The van der Waals surface area contributed by atoms with E-state index >= 15 is 0 Å². The molecule has 132 valence electrons. The lowest BCUT2D eigenvalue weighted by Gasteiger charge is -2.15. The van der Waals surface area contributed by atoms with Crippen molar-refractivity contribution >= 4 is 11.9 Å². The molecule has 0 fully saturated rings. The lowest BCUT2D eigenvalue weighted by Crippen LogP contribution is -2.36. The number of ether oxygens (including phenoxy) is 1. The predicted molar refractivity (Wildman–Crippen MR) is 92.0 cm³/mol. The molecule has 0 saturated heterocycles. The minimum absolute atomic E-state index is 0.0490. The Morgan fingerprint density at radius 3 is 2.60 bits per heavy atom. The van der Waals surface area contributed by atoms with Crippen LogP contribution in [0.4, 0.5) is 0 Å². The topological polar surface area (TPSA) is 108 Å². The van der Waals surface area contributed by atoms with Gasteiger partial charge in [-0.1, -0.05) is 18.2 Å². The molecule has 7 nitrogen and oxygen atoms in total. The zero-order chi connectivity index (χ0) is 18.4. The molecule has 1 aromatic carbocycles. The van der Waals surface area contributed by atoms with Crippen LogP contribution < -0.4 is 15.6 Å². The summed E-state index contributed by atoms with van der Waals surface area (Å²) in [4.78, 5) is 38.0. The number of amides is 1. The molecule has 1 aromatic heterocycles. The summed E-state index contributed by atoms with van der Waals surface area (Å²) in [6, 6.07) is 10.1. The van der Waals surface area contributed by atoms with Crippen LogP contribution in [0.5, 0.6) is 5.75 Å². The molecule has 0 saturated carbocycles. The van der Waals surface area contributed by atoms with Crippen molar-refractivity contribution in [3.8, 4) is 5.75 Å². The number of pyridine rings is 1. The van der Waals surface area contributed by atoms with Crippen LogP contribution >= 0.6 is 0 Å². The van der Waals surface area contributed by atoms with E-state index in [-0.39, 0.29) is 18.5 Å². The van der Waals surface area contributed by atoms with Crippen LogP contribution in [0, 0.1) is 12.8 Å². The smallest absolute Gasteiger partial charge is 0.308 e. The van der Waals surface area contributed by atoms with Gasteiger partial charge < -0.3 is 20.1 Å². The summed E-state index contributed by atoms with van der Waals surface area (Å²) >= 11 is 0. The standard InChI is InChI=1S/C18H20N2O5/c1-11-7-8-14(17(22)20-11)16(21)19-10-13(18(23)24)9-12-5-3-4-6-15(12)25-2/h3-8,13H,9-10H2,1-2H3,(H,19,21)(H,20,22)(H,23,24). The first-order chi connectivity index (χ1) is 11.9. The van der Waals surface area contributed by atoms with Gasteiger partial charge in [-0.15, -0.1) is 0 Å². The third-order valence-corrected chi connectivity index (χ3v) is 3.82. The number of methoxy groups -OCH3 is 1. The Bertz CT molecular complexity index is 828. The largest absolute Gasteiger partial charge is 0.496 e. The van der Waals surface area contributed by atoms with E-state index in [1.807, 2.05) is 0 Å². The number of aromatic nitrogens is 1. The maximum Gasteiger partial charge on any atom is 0.308 e. The SMILES string of the molecule is COc1ccccc1CC(CNC(=O)c1ccc(C)[nH]c1=O)C(=O)O. The number of rotatable bonds is 7. The van der Waals surface area contributed by atoms with Crippen molar-refractivity contribution in [1.82, 2.24) is 10.3 Å². The molecular weight excluding hydrogens is 324 g/mol. The molecule has 0 aliphatic heterocycles. The number of benzene rings is 1. The van der Waals surface area contributed by atoms with Crippen LogP contribution in [0.3, 0.4) is 0 Å². The first-order valence-corrected chi connectivity index (χ1v) is 7.75. The number of carboxylic acid groups (broad SMARTS) is 1. The van der Waals surface area contributed by atoms with Gasteiger partial charge in [-0.25, -0.2) is 0 Å². The molecule has 0 aliphatic carbocycles. The summed E-state index contributed by atoms with van der Waals surface area (Å²) in [5.41, 5.74) is 0.821. The Labute approximate surface area is 144 Å². The van der Waals surface area contributed by atoms with Crippen LogP contribution in [0.25, 0.3) is 0 Å². The van der Waals surface area contributed by atoms with Gasteiger partial charge in [0.1, 0.15) is 11.3 Å². The van der Waals surface area contributed by atoms with Crippen LogP contribution in [0.15, 0.2) is 41.2 Å². The lowest BCUT2D eigenvalue weighted by molar-refractivity contribution is -0.141. The number of aryl methyl sites for hydroxylation is 1. The fourth-order valence-electron chi connectivity index (χ4n) is 2.45. The van der Waals surface area contributed by atoms with E-state index < -0.39 is 23.4 Å². The number of carboxylic acids is 1. The fourth-order valence-corrected chi connectivity index (χ4v) is 2.45. The highest BCUT2D eigenvalue weighted by Crippen LogP contribution is 2.21.